The van der Waals surface area contributed by atoms with Crippen LogP contribution < -0.4 is 5.56 Å². The van der Waals surface area contributed by atoms with Gasteiger partial charge in [-0.25, -0.2) is 4.79 Å². The largest absolute Gasteiger partial charge is 0.477 e. The zero-order valence-electron chi connectivity index (χ0n) is 11.5. The second kappa shape index (κ2) is 5.65. The lowest BCUT2D eigenvalue weighted by atomic mass is 10.1. The molecule has 0 aliphatic carbocycles. The van der Waals surface area contributed by atoms with E-state index < -0.39 is 11.5 Å². The maximum Gasteiger partial charge on any atom is 0.341 e. The van der Waals surface area contributed by atoms with E-state index in [1.165, 1.54) is 10.6 Å². The third kappa shape index (κ3) is 2.40. The van der Waals surface area contributed by atoms with E-state index in [9.17, 15) is 9.59 Å². The highest BCUT2D eigenvalue weighted by Crippen LogP contribution is 2.19. The van der Waals surface area contributed by atoms with Crippen molar-refractivity contribution in [1.29, 1.82) is 0 Å². The fourth-order valence-corrected chi connectivity index (χ4v) is 2.25. The summed E-state index contributed by atoms with van der Waals surface area (Å²) in [5.41, 5.74) is 0.879. The molecule has 0 amide bonds. The SMILES string of the molecule is O=C(O)c1ccc(-c2ccccn2)n(-c2ccccc2)c1=O. The van der Waals surface area contributed by atoms with Crippen molar-refractivity contribution in [3.8, 4) is 17.1 Å². The summed E-state index contributed by atoms with van der Waals surface area (Å²) in [6.45, 7) is 0. The Morgan fingerprint density at radius 2 is 1.68 bits per heavy atom. The highest BCUT2D eigenvalue weighted by atomic mass is 16.4. The van der Waals surface area contributed by atoms with Crippen molar-refractivity contribution < 1.29 is 9.90 Å². The van der Waals surface area contributed by atoms with E-state index in [1.54, 1.807) is 48.7 Å². The van der Waals surface area contributed by atoms with Crippen LogP contribution in [-0.4, -0.2) is 20.6 Å². The molecule has 0 atom stereocenters. The zero-order valence-corrected chi connectivity index (χ0v) is 11.5. The van der Waals surface area contributed by atoms with Crippen LogP contribution >= 0.6 is 0 Å². The number of carboxylic acids is 1. The molecule has 3 rings (SSSR count). The molecule has 0 fully saturated rings. The molecule has 2 aromatic heterocycles. The molecule has 3 aromatic rings. The minimum absolute atomic E-state index is 0.275. The Bertz CT molecular complexity index is 871. The first-order valence-corrected chi connectivity index (χ1v) is 6.64. The van der Waals surface area contributed by atoms with Gasteiger partial charge in [-0.3, -0.25) is 14.3 Å². The first-order chi connectivity index (χ1) is 10.7. The maximum absolute atomic E-state index is 12.6. The van der Waals surface area contributed by atoms with Crippen molar-refractivity contribution in [1.82, 2.24) is 9.55 Å². The van der Waals surface area contributed by atoms with Gasteiger partial charge in [0.05, 0.1) is 11.4 Å². The zero-order chi connectivity index (χ0) is 15.5. The average Bonchev–Trinajstić information content (AvgIpc) is 2.55. The number of carboxylic acid groups (broad SMARTS) is 1. The molecule has 0 radical (unpaired) electrons. The van der Waals surface area contributed by atoms with E-state index in [1.807, 2.05) is 12.1 Å². The molecule has 0 bridgehead atoms. The molecule has 22 heavy (non-hydrogen) atoms. The van der Waals surface area contributed by atoms with Gasteiger partial charge in [0.15, 0.2) is 0 Å². The van der Waals surface area contributed by atoms with Crippen LogP contribution in [0.4, 0.5) is 0 Å². The Morgan fingerprint density at radius 1 is 0.955 bits per heavy atom. The number of carbonyl (C=O) groups is 1. The lowest BCUT2D eigenvalue weighted by Crippen LogP contribution is -2.26. The standard InChI is InChI=1S/C17H12N2O3/c20-16-13(17(21)22)9-10-15(14-8-4-5-11-18-14)19(16)12-6-2-1-3-7-12/h1-11H,(H,21,22). The summed E-state index contributed by atoms with van der Waals surface area (Å²) < 4.78 is 1.37. The van der Waals surface area contributed by atoms with Crippen LogP contribution in [0.25, 0.3) is 17.1 Å². The van der Waals surface area contributed by atoms with Gasteiger partial charge < -0.3 is 5.11 Å². The summed E-state index contributed by atoms with van der Waals surface area (Å²) in [5.74, 6) is -1.25. The van der Waals surface area contributed by atoms with Gasteiger partial charge in [-0.2, -0.15) is 0 Å². The molecule has 0 saturated heterocycles. The Labute approximate surface area is 126 Å². The number of aromatic carboxylic acids is 1. The first-order valence-electron chi connectivity index (χ1n) is 6.64. The molecule has 0 saturated carbocycles. The van der Waals surface area contributed by atoms with Crippen LogP contribution in [0.5, 0.6) is 0 Å². The molecule has 5 nitrogen and oxygen atoms in total. The number of para-hydroxylation sites is 1. The molecule has 1 N–H and O–H groups in total. The predicted molar refractivity (Wildman–Crippen MR) is 82.2 cm³/mol. The van der Waals surface area contributed by atoms with Gasteiger partial charge in [0.2, 0.25) is 0 Å². The van der Waals surface area contributed by atoms with E-state index in [0.29, 0.717) is 17.1 Å². The smallest absolute Gasteiger partial charge is 0.341 e. The molecule has 1 aromatic carbocycles. The van der Waals surface area contributed by atoms with Crippen LogP contribution in [-0.2, 0) is 0 Å². The molecular weight excluding hydrogens is 280 g/mol. The van der Waals surface area contributed by atoms with Gasteiger partial charge in [0.25, 0.3) is 5.56 Å². The molecule has 0 unspecified atom stereocenters. The van der Waals surface area contributed by atoms with Crippen LogP contribution in [0.1, 0.15) is 10.4 Å². The lowest BCUT2D eigenvalue weighted by molar-refractivity contribution is 0.0694. The highest BCUT2D eigenvalue weighted by molar-refractivity contribution is 5.87. The number of rotatable bonds is 3. The second-order valence-corrected chi connectivity index (χ2v) is 4.63. The lowest BCUT2D eigenvalue weighted by Gasteiger charge is -2.13. The number of nitrogens with zero attached hydrogens (tertiary/aromatic N) is 2. The number of pyridine rings is 2. The summed E-state index contributed by atoms with van der Waals surface area (Å²) in [4.78, 5) is 28.0. The molecule has 0 aliphatic rings. The van der Waals surface area contributed by atoms with E-state index in [2.05, 4.69) is 4.98 Å². The van der Waals surface area contributed by atoms with E-state index in [0.717, 1.165) is 0 Å². The van der Waals surface area contributed by atoms with Crippen molar-refractivity contribution in [2.75, 3.05) is 0 Å². The van der Waals surface area contributed by atoms with Crippen molar-refractivity contribution in [2.24, 2.45) is 0 Å². The van der Waals surface area contributed by atoms with Gasteiger partial charge in [0.1, 0.15) is 5.56 Å². The summed E-state index contributed by atoms with van der Waals surface area (Å²) >= 11 is 0. The van der Waals surface area contributed by atoms with Crippen LogP contribution in [0.3, 0.4) is 0 Å². The third-order valence-electron chi connectivity index (χ3n) is 3.25. The van der Waals surface area contributed by atoms with Crippen LogP contribution in [0, 0.1) is 0 Å². The molecule has 0 spiro atoms. The summed E-state index contributed by atoms with van der Waals surface area (Å²) in [7, 11) is 0. The minimum Gasteiger partial charge on any atom is -0.477 e. The Hall–Kier alpha value is -3.21. The van der Waals surface area contributed by atoms with Gasteiger partial charge >= 0.3 is 5.97 Å². The monoisotopic (exact) mass is 292 g/mol. The topological polar surface area (TPSA) is 72.2 Å². The van der Waals surface area contributed by atoms with Crippen LogP contribution in [0.2, 0.25) is 0 Å². The molecule has 0 aliphatic heterocycles. The van der Waals surface area contributed by atoms with Gasteiger partial charge in [-0.1, -0.05) is 24.3 Å². The van der Waals surface area contributed by atoms with Crippen molar-refractivity contribution >= 4 is 5.97 Å². The van der Waals surface area contributed by atoms with Gasteiger partial charge in [0, 0.05) is 11.9 Å². The van der Waals surface area contributed by atoms with E-state index in [4.69, 9.17) is 5.11 Å². The fourth-order valence-electron chi connectivity index (χ4n) is 2.25. The average molecular weight is 292 g/mol. The highest BCUT2D eigenvalue weighted by Gasteiger charge is 2.16. The minimum atomic E-state index is -1.25. The van der Waals surface area contributed by atoms with E-state index >= 15 is 0 Å². The molecule has 108 valence electrons. The molecule has 2 heterocycles. The fraction of sp³-hybridized carbons (Fsp3) is 0. The normalized spacial score (nSPS) is 10.4. The molecular formula is C17H12N2O3. The second-order valence-electron chi connectivity index (χ2n) is 4.63. The maximum atomic E-state index is 12.6. The summed E-state index contributed by atoms with van der Waals surface area (Å²) in [6, 6.07) is 17.2. The van der Waals surface area contributed by atoms with Crippen molar-refractivity contribution in [2.45, 2.75) is 0 Å². The molecule has 5 heteroatoms. The third-order valence-corrected chi connectivity index (χ3v) is 3.25. The Kier molecular flexibility index (Phi) is 3.53. The summed E-state index contributed by atoms with van der Waals surface area (Å²) in [5, 5.41) is 9.17. The number of hydrogen-bond donors (Lipinski definition) is 1. The van der Waals surface area contributed by atoms with Gasteiger partial charge in [-0.15, -0.1) is 0 Å². The first kappa shape index (κ1) is 13.8. The van der Waals surface area contributed by atoms with E-state index in [-0.39, 0.29) is 5.56 Å². The quantitative estimate of drug-likeness (QED) is 0.805. The number of hydrogen-bond acceptors (Lipinski definition) is 3. The summed E-state index contributed by atoms with van der Waals surface area (Å²) in [6.07, 6.45) is 1.63. The van der Waals surface area contributed by atoms with Gasteiger partial charge in [-0.05, 0) is 36.4 Å². The van der Waals surface area contributed by atoms with Crippen molar-refractivity contribution in [3.63, 3.8) is 0 Å². The number of benzene rings is 1. The Morgan fingerprint density at radius 3 is 2.32 bits per heavy atom. The van der Waals surface area contributed by atoms with Crippen LogP contribution in [0.15, 0.2) is 71.7 Å². The Balaban J connectivity index is 2.35. The van der Waals surface area contributed by atoms with Crippen molar-refractivity contribution in [3.05, 3.63) is 82.8 Å². The predicted octanol–water partition coefficient (Wildman–Crippen LogP) is 2.60. The number of aromatic nitrogens is 2.